The molecule has 12 heteroatoms. The van der Waals surface area contributed by atoms with Crippen LogP contribution in [0.25, 0.3) is 0 Å². The van der Waals surface area contributed by atoms with Gasteiger partial charge in [0.15, 0.2) is 6.10 Å². The van der Waals surface area contributed by atoms with Gasteiger partial charge in [0.25, 0.3) is 0 Å². The Morgan fingerprint density at radius 3 is 1.28 bits per heavy atom. The van der Waals surface area contributed by atoms with Gasteiger partial charge in [0.2, 0.25) is 0 Å². The van der Waals surface area contributed by atoms with E-state index in [1.54, 1.807) is 0 Å². The summed E-state index contributed by atoms with van der Waals surface area (Å²) in [6.07, 6.45) is 45.4. The van der Waals surface area contributed by atoms with Gasteiger partial charge in [0.05, 0.1) is 19.8 Å². The molecule has 374 valence electrons. The van der Waals surface area contributed by atoms with E-state index in [-0.39, 0.29) is 25.9 Å². The molecule has 0 rings (SSSR count). The van der Waals surface area contributed by atoms with Crippen LogP contribution in [0.1, 0.15) is 239 Å². The van der Waals surface area contributed by atoms with Gasteiger partial charge in [0.1, 0.15) is 12.7 Å². The molecule has 0 saturated heterocycles. The van der Waals surface area contributed by atoms with Crippen molar-refractivity contribution < 1.29 is 52.2 Å². The van der Waals surface area contributed by atoms with Crippen LogP contribution in [0.2, 0.25) is 0 Å². The Bertz CT molecular complexity index is 1220. The Morgan fingerprint density at radius 1 is 0.438 bits per heavy atom. The summed E-state index contributed by atoms with van der Waals surface area (Å²) in [6, 6.07) is 0. The van der Waals surface area contributed by atoms with Crippen LogP contribution in [0.3, 0.4) is 0 Å². The van der Waals surface area contributed by atoms with Crippen LogP contribution in [0.15, 0.2) is 36.5 Å². The molecule has 0 heterocycles. The highest BCUT2D eigenvalue weighted by atomic mass is 31.2. The monoisotopic (exact) mass is 927 g/mol. The first kappa shape index (κ1) is 61.7. The predicted octanol–water partition coefficient (Wildman–Crippen LogP) is 14.5. The Hall–Kier alpha value is -2.30. The van der Waals surface area contributed by atoms with Crippen molar-refractivity contribution in [3.05, 3.63) is 36.5 Å². The molecule has 11 nitrogen and oxygen atoms in total. The van der Waals surface area contributed by atoms with Gasteiger partial charge in [-0.3, -0.25) is 23.4 Å². The number of carbonyl (C=O) groups is 3. The van der Waals surface area contributed by atoms with Gasteiger partial charge in [-0.15, -0.1) is 0 Å². The zero-order valence-corrected chi connectivity index (χ0v) is 41.9. The molecule has 64 heavy (non-hydrogen) atoms. The van der Waals surface area contributed by atoms with Crippen molar-refractivity contribution in [1.29, 1.82) is 0 Å². The molecule has 0 aromatic carbocycles. The third-order valence-corrected chi connectivity index (χ3v) is 12.0. The van der Waals surface area contributed by atoms with Crippen molar-refractivity contribution in [3.8, 4) is 0 Å². The number of esters is 3. The molecule has 0 fully saturated rings. The molecule has 0 saturated carbocycles. The van der Waals surface area contributed by atoms with E-state index in [0.29, 0.717) is 19.3 Å². The van der Waals surface area contributed by atoms with Crippen LogP contribution in [0.5, 0.6) is 0 Å². The zero-order chi connectivity index (χ0) is 47.0. The van der Waals surface area contributed by atoms with E-state index >= 15 is 0 Å². The summed E-state index contributed by atoms with van der Waals surface area (Å²) < 4.78 is 39.3. The van der Waals surface area contributed by atoms with Gasteiger partial charge >= 0.3 is 25.7 Å². The summed E-state index contributed by atoms with van der Waals surface area (Å²) >= 11 is 0. The molecule has 0 spiro atoms. The second-order valence-corrected chi connectivity index (χ2v) is 18.8. The van der Waals surface area contributed by atoms with Crippen LogP contribution in [0.4, 0.5) is 0 Å². The Labute approximate surface area is 390 Å². The third kappa shape index (κ3) is 44.9. The SMILES string of the molecule is CCC/C=C\C/C=C\CCCCCCCC(=O)OCC(COP(=O)(O)OCC(CO)OC(=O)CCCCCCC/C=C\CCCC)OC(=O)CCCCCCCCCCCCCCC. The number of unbranched alkanes of at least 4 members (excludes halogenated alkanes) is 25. The number of allylic oxidation sites excluding steroid dienone is 6. The number of aliphatic hydroxyl groups excluding tert-OH is 1. The first-order chi connectivity index (χ1) is 31.2. The molecule has 0 aliphatic rings. The maximum Gasteiger partial charge on any atom is 0.472 e. The number of rotatable bonds is 48. The Morgan fingerprint density at radius 2 is 0.812 bits per heavy atom. The van der Waals surface area contributed by atoms with Gasteiger partial charge in [-0.05, 0) is 64.2 Å². The molecule has 0 aliphatic carbocycles. The van der Waals surface area contributed by atoms with Gasteiger partial charge in [-0.1, -0.05) is 192 Å². The Balaban J connectivity index is 4.75. The van der Waals surface area contributed by atoms with E-state index in [4.69, 9.17) is 23.3 Å². The fraction of sp³-hybridized carbons (Fsp3) is 0.827. The van der Waals surface area contributed by atoms with Gasteiger partial charge in [-0.25, -0.2) is 4.57 Å². The second kappa shape index (κ2) is 47.2. The largest absolute Gasteiger partial charge is 0.472 e. The van der Waals surface area contributed by atoms with Crippen molar-refractivity contribution in [3.63, 3.8) is 0 Å². The number of ether oxygens (including phenoxy) is 3. The Kier molecular flexibility index (Phi) is 45.5. The summed E-state index contributed by atoms with van der Waals surface area (Å²) in [5.41, 5.74) is 0. The van der Waals surface area contributed by atoms with E-state index in [0.717, 1.165) is 103 Å². The lowest BCUT2D eigenvalue weighted by molar-refractivity contribution is -0.161. The van der Waals surface area contributed by atoms with Crippen molar-refractivity contribution in [1.82, 2.24) is 0 Å². The number of aliphatic hydroxyl groups is 1. The smallest absolute Gasteiger partial charge is 0.462 e. The molecule has 0 aliphatic heterocycles. The summed E-state index contributed by atoms with van der Waals surface area (Å²) in [7, 11) is -4.74. The molecular formula is C52H95O11P. The van der Waals surface area contributed by atoms with Gasteiger partial charge < -0.3 is 24.2 Å². The molecule has 0 amide bonds. The van der Waals surface area contributed by atoms with Gasteiger partial charge in [0, 0.05) is 19.3 Å². The predicted molar refractivity (Wildman–Crippen MR) is 261 cm³/mol. The highest BCUT2D eigenvalue weighted by Crippen LogP contribution is 2.43. The van der Waals surface area contributed by atoms with E-state index < -0.39 is 57.8 Å². The average Bonchev–Trinajstić information content (AvgIpc) is 3.28. The van der Waals surface area contributed by atoms with E-state index in [2.05, 4.69) is 57.2 Å². The fourth-order valence-corrected chi connectivity index (χ4v) is 7.81. The van der Waals surface area contributed by atoms with Crippen LogP contribution < -0.4 is 0 Å². The molecular weight excluding hydrogens is 832 g/mol. The van der Waals surface area contributed by atoms with E-state index in [9.17, 15) is 28.9 Å². The van der Waals surface area contributed by atoms with Crippen molar-refractivity contribution in [2.45, 2.75) is 251 Å². The molecule has 0 bridgehead atoms. The zero-order valence-electron chi connectivity index (χ0n) is 41.0. The molecule has 3 atom stereocenters. The number of carbonyl (C=O) groups excluding carboxylic acids is 3. The lowest BCUT2D eigenvalue weighted by Crippen LogP contribution is -2.30. The first-order valence-electron chi connectivity index (χ1n) is 25.9. The highest BCUT2D eigenvalue weighted by molar-refractivity contribution is 7.47. The van der Waals surface area contributed by atoms with Crippen LogP contribution in [-0.2, 0) is 42.2 Å². The normalized spacial score (nSPS) is 13.8. The minimum atomic E-state index is -4.74. The van der Waals surface area contributed by atoms with Crippen LogP contribution >= 0.6 is 7.82 Å². The molecule has 0 aromatic heterocycles. The summed E-state index contributed by atoms with van der Waals surface area (Å²) in [5.74, 6) is -1.48. The number of phosphoric acid groups is 1. The maximum absolute atomic E-state index is 12.8. The average molecular weight is 927 g/mol. The summed E-state index contributed by atoms with van der Waals surface area (Å²) in [6.45, 7) is 4.51. The topological polar surface area (TPSA) is 155 Å². The van der Waals surface area contributed by atoms with Crippen LogP contribution in [-0.4, -0.2) is 66.5 Å². The van der Waals surface area contributed by atoms with E-state index in [1.807, 2.05) is 0 Å². The van der Waals surface area contributed by atoms with E-state index in [1.165, 1.54) is 77.0 Å². The quantitative estimate of drug-likeness (QED) is 0.0197. The van der Waals surface area contributed by atoms with Crippen molar-refractivity contribution in [2.24, 2.45) is 0 Å². The number of hydrogen-bond acceptors (Lipinski definition) is 10. The minimum Gasteiger partial charge on any atom is -0.462 e. The molecule has 0 radical (unpaired) electrons. The minimum absolute atomic E-state index is 0.168. The number of phosphoric ester groups is 1. The fourth-order valence-electron chi connectivity index (χ4n) is 7.02. The molecule has 2 N–H and O–H groups in total. The third-order valence-electron chi connectivity index (χ3n) is 11.0. The lowest BCUT2D eigenvalue weighted by Gasteiger charge is -2.21. The summed E-state index contributed by atoms with van der Waals surface area (Å²) in [4.78, 5) is 48.2. The second-order valence-electron chi connectivity index (χ2n) is 17.3. The maximum atomic E-state index is 12.8. The standard InChI is InChI=1S/C52H95O11P/c1-4-7-10-13-16-19-22-24-27-29-32-35-38-41-50(54)59-45-49(63-52(56)43-40-37-34-31-28-25-23-20-17-14-11-8-5-2)47-61-64(57,58)60-46-48(44-53)62-51(55)42-39-36-33-30-26-21-18-15-12-9-6-3/h10,13,15,18-19,22,48-49,53H,4-9,11-12,14,16-17,20-21,23-47H2,1-3H3,(H,57,58)/b13-10-,18-15-,22-19-. The highest BCUT2D eigenvalue weighted by Gasteiger charge is 2.28. The van der Waals surface area contributed by atoms with Gasteiger partial charge in [-0.2, -0.15) is 0 Å². The first-order valence-corrected chi connectivity index (χ1v) is 27.4. The number of hydrogen-bond donors (Lipinski definition) is 2. The molecule has 0 aromatic rings. The molecule has 3 unspecified atom stereocenters. The lowest BCUT2D eigenvalue weighted by atomic mass is 10.0. The van der Waals surface area contributed by atoms with Crippen molar-refractivity contribution >= 4 is 25.7 Å². The summed E-state index contributed by atoms with van der Waals surface area (Å²) in [5, 5.41) is 9.75. The van der Waals surface area contributed by atoms with Crippen LogP contribution in [0, 0.1) is 0 Å². The van der Waals surface area contributed by atoms with Crippen molar-refractivity contribution in [2.75, 3.05) is 26.4 Å².